The van der Waals surface area contributed by atoms with Gasteiger partial charge in [-0.2, -0.15) is 0 Å². The molecular formula is C57H55N. The second-order valence-corrected chi connectivity index (χ2v) is 21.6. The van der Waals surface area contributed by atoms with E-state index in [-0.39, 0.29) is 21.7 Å². The van der Waals surface area contributed by atoms with Crippen molar-refractivity contribution in [2.45, 2.75) is 102 Å². The van der Waals surface area contributed by atoms with Gasteiger partial charge < -0.3 is 4.90 Å². The zero-order chi connectivity index (χ0) is 39.1. The number of nitrogens with zero attached hydrogens (tertiary/aromatic N) is 1. The Morgan fingerprint density at radius 1 is 0.483 bits per heavy atom. The van der Waals surface area contributed by atoms with E-state index in [1.165, 1.54) is 111 Å². The minimum Gasteiger partial charge on any atom is -0.310 e. The van der Waals surface area contributed by atoms with Gasteiger partial charge in [0.05, 0.1) is 11.4 Å². The molecule has 6 aromatic rings. The molecule has 0 radical (unpaired) electrons. The van der Waals surface area contributed by atoms with Crippen molar-refractivity contribution >= 4 is 17.1 Å². The van der Waals surface area contributed by atoms with Crippen molar-refractivity contribution in [2.75, 3.05) is 4.90 Å². The fraction of sp³-hybridized carbons (Fsp3) is 0.368. The molecule has 6 aromatic carbocycles. The molecule has 0 aliphatic heterocycles. The van der Waals surface area contributed by atoms with Crippen LogP contribution in [-0.2, 0) is 21.7 Å². The molecular weight excluding hydrogens is 699 g/mol. The molecule has 0 saturated heterocycles. The van der Waals surface area contributed by atoms with Gasteiger partial charge >= 0.3 is 0 Å². The highest BCUT2D eigenvalue weighted by molar-refractivity contribution is 5.97. The lowest BCUT2D eigenvalue weighted by Gasteiger charge is -2.76. The van der Waals surface area contributed by atoms with Crippen LogP contribution in [0.5, 0.6) is 0 Å². The van der Waals surface area contributed by atoms with Crippen molar-refractivity contribution in [1.29, 1.82) is 0 Å². The fourth-order valence-corrected chi connectivity index (χ4v) is 15.5. The molecule has 58 heavy (non-hydrogen) atoms. The summed E-state index contributed by atoms with van der Waals surface area (Å²) in [5.74, 6) is 3.46. The average molecular weight is 754 g/mol. The van der Waals surface area contributed by atoms with E-state index < -0.39 is 0 Å². The molecule has 288 valence electrons. The minimum atomic E-state index is -0.0992. The van der Waals surface area contributed by atoms with Crippen molar-refractivity contribution in [3.8, 4) is 33.4 Å². The normalized spacial score (nSPS) is 29.7. The molecule has 0 amide bonds. The summed E-state index contributed by atoms with van der Waals surface area (Å²) in [5.41, 5.74) is 22.2. The monoisotopic (exact) mass is 753 g/mol. The van der Waals surface area contributed by atoms with Gasteiger partial charge in [0.2, 0.25) is 0 Å². The number of rotatable bonds is 4. The number of anilines is 3. The molecule has 0 heterocycles. The molecule has 2 spiro atoms. The predicted molar refractivity (Wildman–Crippen MR) is 240 cm³/mol. The average Bonchev–Trinajstić information content (AvgIpc) is 3.92. The van der Waals surface area contributed by atoms with E-state index in [0.717, 1.165) is 23.7 Å². The Morgan fingerprint density at radius 3 is 1.95 bits per heavy atom. The molecule has 7 aliphatic carbocycles. The molecule has 1 heteroatoms. The van der Waals surface area contributed by atoms with E-state index in [1.807, 2.05) is 0 Å². The van der Waals surface area contributed by atoms with Gasteiger partial charge in [0, 0.05) is 22.1 Å². The first kappa shape index (κ1) is 34.0. The summed E-state index contributed by atoms with van der Waals surface area (Å²) >= 11 is 0. The molecule has 6 unspecified atom stereocenters. The van der Waals surface area contributed by atoms with Crippen molar-refractivity contribution < 1.29 is 0 Å². The van der Waals surface area contributed by atoms with Gasteiger partial charge in [-0.15, -0.1) is 0 Å². The molecule has 4 saturated carbocycles. The first-order valence-corrected chi connectivity index (χ1v) is 22.5. The second kappa shape index (κ2) is 10.8. The van der Waals surface area contributed by atoms with E-state index in [9.17, 15) is 0 Å². The molecule has 7 aliphatic rings. The van der Waals surface area contributed by atoms with Gasteiger partial charge in [-0.1, -0.05) is 139 Å². The summed E-state index contributed by atoms with van der Waals surface area (Å²) < 4.78 is 0. The van der Waals surface area contributed by atoms with Gasteiger partial charge in [0.1, 0.15) is 0 Å². The molecule has 1 nitrogen and oxygen atoms in total. The van der Waals surface area contributed by atoms with Crippen LogP contribution >= 0.6 is 0 Å². The largest absolute Gasteiger partial charge is 0.310 e. The van der Waals surface area contributed by atoms with Crippen molar-refractivity contribution in [1.82, 2.24) is 0 Å². The Hall–Kier alpha value is -4.88. The minimum absolute atomic E-state index is 0.0228. The summed E-state index contributed by atoms with van der Waals surface area (Å²) in [6.07, 6.45) is 8.20. The van der Waals surface area contributed by atoms with E-state index in [0.29, 0.717) is 5.41 Å². The molecule has 6 atom stereocenters. The van der Waals surface area contributed by atoms with Crippen LogP contribution in [0, 0.1) is 29.1 Å². The molecule has 0 N–H and O–H groups in total. The number of hydrogen-bond acceptors (Lipinski definition) is 1. The highest BCUT2D eigenvalue weighted by Crippen LogP contribution is 2.89. The third-order valence-corrected chi connectivity index (χ3v) is 18.0. The Bertz CT molecular complexity index is 2760. The van der Waals surface area contributed by atoms with E-state index >= 15 is 0 Å². The molecule has 2 bridgehead atoms. The quantitative estimate of drug-likeness (QED) is 0.173. The lowest BCUT2D eigenvalue weighted by Crippen LogP contribution is -2.73. The van der Waals surface area contributed by atoms with Crippen molar-refractivity contribution in [3.63, 3.8) is 0 Å². The van der Waals surface area contributed by atoms with Crippen molar-refractivity contribution in [3.05, 3.63) is 161 Å². The van der Waals surface area contributed by atoms with E-state index in [2.05, 4.69) is 174 Å². The SMILES string of the molecule is CC1(C)CCC(C)(C)c2c(N(c3ccc4c(c3)C(C)(C)c3ccccc3-4)c3cc4c(cc3-c3ccccc3)C3(c5ccccc5-4)C4CC5CC6CC3C64C5)cccc21. The lowest BCUT2D eigenvalue weighted by atomic mass is 9.27. The van der Waals surface area contributed by atoms with Crippen molar-refractivity contribution in [2.24, 2.45) is 29.1 Å². The van der Waals surface area contributed by atoms with Crippen LogP contribution in [0.25, 0.3) is 33.4 Å². The van der Waals surface area contributed by atoms with Crippen LogP contribution in [0.2, 0.25) is 0 Å². The zero-order valence-electron chi connectivity index (χ0n) is 35.1. The first-order chi connectivity index (χ1) is 28.0. The molecule has 4 fully saturated rings. The Balaban J connectivity index is 1.11. The summed E-state index contributed by atoms with van der Waals surface area (Å²) in [6.45, 7) is 14.8. The highest BCUT2D eigenvalue weighted by atomic mass is 15.2. The van der Waals surface area contributed by atoms with Gasteiger partial charge in [0.15, 0.2) is 0 Å². The Kier molecular flexibility index (Phi) is 6.36. The maximum absolute atomic E-state index is 2.73. The third kappa shape index (κ3) is 3.87. The summed E-state index contributed by atoms with van der Waals surface area (Å²) in [6, 6.07) is 50.3. The number of fused-ring (bicyclic) bond motifs is 12. The van der Waals surface area contributed by atoms with Gasteiger partial charge in [-0.25, -0.2) is 0 Å². The van der Waals surface area contributed by atoms with Crippen LogP contribution in [0.15, 0.2) is 127 Å². The van der Waals surface area contributed by atoms with Crippen LogP contribution in [0.3, 0.4) is 0 Å². The van der Waals surface area contributed by atoms with E-state index in [4.69, 9.17) is 0 Å². The van der Waals surface area contributed by atoms with Gasteiger partial charge in [-0.3, -0.25) is 0 Å². The number of hydrogen-bond donors (Lipinski definition) is 0. The molecule has 13 rings (SSSR count). The summed E-state index contributed by atoms with van der Waals surface area (Å²) in [5, 5.41) is 0. The maximum atomic E-state index is 2.73. The first-order valence-electron chi connectivity index (χ1n) is 22.5. The lowest BCUT2D eigenvalue weighted by molar-refractivity contribution is -0.231. The standard InChI is InChI=1S/C57H55N/c1-53(2)25-26-54(3,4)52-45(53)21-14-22-48(52)58(37-23-24-40-38-17-10-12-19-43(38)55(5,6)46(40)30-37)49-32-42-39-18-11-13-20-44(39)57(47(42)31-41(49)35-15-8-7-9-16-35)50-28-34-27-36-29-51(57)56(36,50)33-34/h7-24,30-32,34,36,50-51H,25-29,33H2,1-6H3. The van der Waals surface area contributed by atoms with Gasteiger partial charge in [-0.05, 0) is 170 Å². The second-order valence-electron chi connectivity index (χ2n) is 21.6. The van der Waals surface area contributed by atoms with Crippen LogP contribution in [0.1, 0.15) is 113 Å². The molecule has 0 aromatic heterocycles. The van der Waals surface area contributed by atoms with Crippen LogP contribution in [0.4, 0.5) is 17.1 Å². The summed E-state index contributed by atoms with van der Waals surface area (Å²) in [7, 11) is 0. The van der Waals surface area contributed by atoms with Crippen LogP contribution < -0.4 is 4.90 Å². The summed E-state index contributed by atoms with van der Waals surface area (Å²) in [4.78, 5) is 2.72. The Labute approximate surface area is 345 Å². The van der Waals surface area contributed by atoms with E-state index in [1.54, 1.807) is 11.1 Å². The van der Waals surface area contributed by atoms with Gasteiger partial charge in [0.25, 0.3) is 0 Å². The van der Waals surface area contributed by atoms with Crippen LogP contribution in [-0.4, -0.2) is 0 Å². The topological polar surface area (TPSA) is 3.24 Å². The number of benzene rings is 6. The smallest absolute Gasteiger partial charge is 0.0546 e. The highest BCUT2D eigenvalue weighted by Gasteiger charge is 2.84. The third-order valence-electron chi connectivity index (χ3n) is 18.0. The predicted octanol–water partition coefficient (Wildman–Crippen LogP) is 14.8. The zero-order valence-corrected chi connectivity index (χ0v) is 35.1. The maximum Gasteiger partial charge on any atom is 0.0546 e. The Morgan fingerprint density at radius 2 is 1.16 bits per heavy atom. The fourth-order valence-electron chi connectivity index (χ4n) is 15.5.